The van der Waals surface area contributed by atoms with Gasteiger partial charge in [0.15, 0.2) is 0 Å². The third-order valence-corrected chi connectivity index (χ3v) is 19.1. The normalized spacial score (nSPS) is 13.2. The van der Waals surface area contributed by atoms with Gasteiger partial charge < -0.3 is 0 Å². The Hall–Kier alpha value is -1.56. The second-order valence-electron chi connectivity index (χ2n) is 26.8. The van der Waals surface area contributed by atoms with Crippen LogP contribution in [0.1, 0.15) is 418 Å². The van der Waals surface area contributed by atoms with E-state index in [0.717, 1.165) is 23.7 Å². The van der Waals surface area contributed by atoms with E-state index >= 15 is 0 Å². The Morgan fingerprint density at radius 3 is 0.901 bits per heavy atom. The first-order chi connectivity index (χ1) is 40.1. The molecule has 0 aliphatic rings. The van der Waals surface area contributed by atoms with Crippen LogP contribution in [0.15, 0.2) is 74.9 Å². The largest absolute Gasteiger partial charge is 0.103 e. The maximum absolute atomic E-state index is 5.21. The van der Waals surface area contributed by atoms with Gasteiger partial charge in [0.25, 0.3) is 0 Å². The van der Waals surface area contributed by atoms with E-state index < -0.39 is 0 Å². The third kappa shape index (κ3) is 58.6. The zero-order chi connectivity index (χ0) is 58.7. The van der Waals surface area contributed by atoms with E-state index in [-0.39, 0.29) is 0 Å². The van der Waals surface area contributed by atoms with Gasteiger partial charge in [0, 0.05) is 0 Å². The summed E-state index contributed by atoms with van der Waals surface area (Å²) in [6.07, 6.45) is 102. The highest BCUT2D eigenvalue weighted by Crippen LogP contribution is 2.43. The summed E-state index contributed by atoms with van der Waals surface area (Å²) in [6.45, 7) is 25.7. The van der Waals surface area contributed by atoms with E-state index in [1.165, 1.54) is 405 Å². The summed E-state index contributed by atoms with van der Waals surface area (Å²) in [5, 5.41) is 0. The molecule has 0 radical (unpaired) electrons. The molecular formula is C81H152. The van der Waals surface area contributed by atoms with Crippen molar-refractivity contribution in [2.75, 3.05) is 0 Å². The molecule has 476 valence electrons. The highest BCUT2D eigenvalue weighted by molar-refractivity contribution is 5.04. The molecule has 81 heavy (non-hydrogen) atoms. The quantitative estimate of drug-likeness (QED) is 0.0421. The van der Waals surface area contributed by atoms with Crippen LogP contribution < -0.4 is 0 Å². The molecule has 0 spiro atoms. The van der Waals surface area contributed by atoms with E-state index in [2.05, 4.69) is 76.6 Å². The van der Waals surface area contributed by atoms with Crippen LogP contribution in [0.5, 0.6) is 0 Å². The van der Waals surface area contributed by atoms with Crippen molar-refractivity contribution in [1.29, 1.82) is 0 Å². The van der Waals surface area contributed by atoms with Crippen LogP contribution in [0.2, 0.25) is 0 Å². The lowest BCUT2D eigenvalue weighted by atomic mass is 9.67. The predicted molar refractivity (Wildman–Crippen MR) is 375 cm³/mol. The zero-order valence-corrected chi connectivity index (χ0v) is 56.4. The fourth-order valence-electron chi connectivity index (χ4n) is 13.8. The first kappa shape index (κ1) is 79.4. The van der Waals surface area contributed by atoms with Crippen molar-refractivity contribution in [3.05, 3.63) is 74.9 Å². The van der Waals surface area contributed by atoms with Crippen molar-refractivity contribution in [1.82, 2.24) is 0 Å². The molecule has 0 aliphatic heterocycles. The van der Waals surface area contributed by atoms with Gasteiger partial charge in [-0.2, -0.15) is 0 Å². The van der Waals surface area contributed by atoms with Crippen LogP contribution >= 0.6 is 0 Å². The SMILES string of the molecule is C=CCCCCCCCCCCCCCC(CC(CCCC)CCCCCCCCCC=CCCCCC)C(CCCCCCCCCCCC=C)C(CCCCCCCCCCC=C)C(=C)CCCCCCCCCCCCC=C. The molecule has 0 heterocycles. The van der Waals surface area contributed by atoms with Gasteiger partial charge in [-0.1, -0.05) is 358 Å². The summed E-state index contributed by atoms with van der Waals surface area (Å²) in [4.78, 5) is 0. The number of allylic oxidation sites excluding steroid dienone is 7. The van der Waals surface area contributed by atoms with Crippen LogP contribution in [-0.2, 0) is 0 Å². The van der Waals surface area contributed by atoms with E-state index in [1.807, 2.05) is 0 Å². The van der Waals surface area contributed by atoms with Crippen molar-refractivity contribution in [3.63, 3.8) is 0 Å². The van der Waals surface area contributed by atoms with E-state index in [0.29, 0.717) is 0 Å². The summed E-state index contributed by atoms with van der Waals surface area (Å²) >= 11 is 0. The summed E-state index contributed by atoms with van der Waals surface area (Å²) < 4.78 is 0. The van der Waals surface area contributed by atoms with Crippen molar-refractivity contribution >= 4 is 0 Å². The summed E-state index contributed by atoms with van der Waals surface area (Å²) in [5.41, 5.74) is 1.69. The molecule has 0 nitrogen and oxygen atoms in total. The second kappa shape index (κ2) is 69.2. The maximum Gasteiger partial charge on any atom is -0.0175 e. The number of rotatable bonds is 72. The molecule has 4 unspecified atom stereocenters. The molecule has 0 amide bonds. The van der Waals surface area contributed by atoms with Crippen molar-refractivity contribution in [3.8, 4) is 0 Å². The van der Waals surface area contributed by atoms with Crippen molar-refractivity contribution in [2.45, 2.75) is 418 Å². The number of unbranched alkanes of at least 4 members (excludes halogenated alkanes) is 49. The third-order valence-electron chi connectivity index (χ3n) is 19.1. The Bertz CT molecular complexity index is 1280. The lowest BCUT2D eigenvalue weighted by Gasteiger charge is -2.38. The minimum Gasteiger partial charge on any atom is -0.103 e. The van der Waals surface area contributed by atoms with Gasteiger partial charge in [0.1, 0.15) is 0 Å². The highest BCUT2D eigenvalue weighted by Gasteiger charge is 2.32. The second-order valence-corrected chi connectivity index (χ2v) is 26.8. The van der Waals surface area contributed by atoms with Gasteiger partial charge >= 0.3 is 0 Å². The molecule has 0 aromatic carbocycles. The minimum absolute atomic E-state index is 0.728. The minimum atomic E-state index is 0.728. The summed E-state index contributed by atoms with van der Waals surface area (Å²) in [6, 6.07) is 0. The molecule has 0 N–H and O–H groups in total. The smallest absolute Gasteiger partial charge is 0.0175 e. The highest BCUT2D eigenvalue weighted by atomic mass is 14.4. The molecule has 0 saturated heterocycles. The van der Waals surface area contributed by atoms with Gasteiger partial charge in [-0.15, -0.1) is 26.3 Å². The molecule has 0 bridgehead atoms. The molecule has 0 heteroatoms. The van der Waals surface area contributed by atoms with Gasteiger partial charge in [0.2, 0.25) is 0 Å². The lowest BCUT2D eigenvalue weighted by Crippen LogP contribution is -2.28. The average molecular weight is 1130 g/mol. The van der Waals surface area contributed by atoms with Crippen LogP contribution in [0.4, 0.5) is 0 Å². The van der Waals surface area contributed by atoms with Crippen LogP contribution in [0.25, 0.3) is 0 Å². The van der Waals surface area contributed by atoms with Gasteiger partial charge in [-0.3, -0.25) is 0 Å². The van der Waals surface area contributed by atoms with Gasteiger partial charge in [0.05, 0.1) is 0 Å². The monoisotopic (exact) mass is 1130 g/mol. The molecule has 0 rings (SSSR count). The van der Waals surface area contributed by atoms with Crippen LogP contribution in [-0.4, -0.2) is 0 Å². The fraction of sp³-hybridized carbons (Fsp3) is 0.852. The summed E-state index contributed by atoms with van der Waals surface area (Å²) in [5.74, 6) is 3.35. The topological polar surface area (TPSA) is 0 Å². The Labute approximate surface area is 514 Å². The number of hydrogen-bond donors (Lipinski definition) is 0. The van der Waals surface area contributed by atoms with Crippen LogP contribution in [0, 0.1) is 23.7 Å². The molecule has 0 saturated carbocycles. The Balaban J connectivity index is 6.32. The molecule has 0 aromatic rings. The predicted octanol–water partition coefficient (Wildman–Crippen LogP) is 29.9. The molecule has 0 aromatic heterocycles. The van der Waals surface area contributed by atoms with Gasteiger partial charge in [-0.25, -0.2) is 0 Å². The Kier molecular flexibility index (Phi) is 67.9. The first-order valence-electron chi connectivity index (χ1n) is 37.9. The lowest BCUT2D eigenvalue weighted by molar-refractivity contribution is 0.160. The van der Waals surface area contributed by atoms with Crippen molar-refractivity contribution in [2.24, 2.45) is 23.7 Å². The van der Waals surface area contributed by atoms with Crippen LogP contribution in [0.3, 0.4) is 0 Å². The molecule has 0 aliphatic carbocycles. The first-order valence-corrected chi connectivity index (χ1v) is 37.9. The molecule has 4 atom stereocenters. The van der Waals surface area contributed by atoms with E-state index in [4.69, 9.17) is 6.58 Å². The molecule has 0 fully saturated rings. The van der Waals surface area contributed by atoms with E-state index in [9.17, 15) is 0 Å². The Morgan fingerprint density at radius 1 is 0.272 bits per heavy atom. The standard InChI is InChI=1S/C81H152/c1-8-14-20-25-30-35-40-43-45-48-51-56-61-66-72-78(71-19-13-6)76-79(73-67-62-57-52-49-44-41-36-31-26-21-15-9-2)81(75-69-64-59-54-46-38-33-28-23-17-11-4)80(74-68-63-58-53-39-34-29-24-18-12-5)77(7)70-65-60-55-50-47-42-37-32-27-22-16-10-3/h9-12,30,35,78-81H,2-5,7-8,13-29,31-34,36-76H2,1,6H3. The molecular weight excluding hydrogens is 973 g/mol. The fourth-order valence-corrected chi connectivity index (χ4v) is 13.8. The van der Waals surface area contributed by atoms with E-state index in [1.54, 1.807) is 5.57 Å². The average Bonchev–Trinajstić information content (AvgIpc) is 3.47. The van der Waals surface area contributed by atoms with Gasteiger partial charge in [-0.05, 0) is 133 Å². The summed E-state index contributed by atoms with van der Waals surface area (Å²) in [7, 11) is 0. The van der Waals surface area contributed by atoms with Crippen molar-refractivity contribution < 1.29 is 0 Å². The number of hydrogen-bond acceptors (Lipinski definition) is 0. The maximum atomic E-state index is 5.21. The Morgan fingerprint density at radius 2 is 0.543 bits per heavy atom. The zero-order valence-electron chi connectivity index (χ0n) is 56.4.